The fourth-order valence-electron chi connectivity index (χ4n) is 2.22. The fraction of sp³-hybridized carbons (Fsp3) is 0.647. The Morgan fingerprint density at radius 1 is 1.15 bits per heavy atom. The van der Waals surface area contributed by atoms with Gasteiger partial charge in [-0.3, -0.25) is 0 Å². The molecular formula is C17H28N2O. The molecule has 0 spiro atoms. The molecule has 0 atom stereocenters. The Labute approximate surface area is 123 Å². The van der Waals surface area contributed by atoms with Crippen molar-refractivity contribution < 1.29 is 4.74 Å². The van der Waals surface area contributed by atoms with Gasteiger partial charge in [0.2, 0.25) is 0 Å². The molecule has 1 aliphatic carbocycles. The van der Waals surface area contributed by atoms with E-state index in [4.69, 9.17) is 4.74 Å². The van der Waals surface area contributed by atoms with Crippen molar-refractivity contribution in [2.75, 3.05) is 32.1 Å². The maximum atomic E-state index is 5.81. The first-order valence-electron chi connectivity index (χ1n) is 7.89. The lowest BCUT2D eigenvalue weighted by molar-refractivity contribution is 0.304. The highest BCUT2D eigenvalue weighted by Gasteiger charge is 2.19. The van der Waals surface area contributed by atoms with Gasteiger partial charge in [0.25, 0.3) is 0 Å². The van der Waals surface area contributed by atoms with Crippen LogP contribution in [-0.2, 0) is 0 Å². The van der Waals surface area contributed by atoms with Gasteiger partial charge in [0.15, 0.2) is 0 Å². The molecular weight excluding hydrogens is 248 g/mol. The van der Waals surface area contributed by atoms with Crippen molar-refractivity contribution in [2.45, 2.75) is 44.6 Å². The molecule has 1 N–H and O–H groups in total. The molecule has 0 unspecified atom stereocenters. The minimum Gasteiger partial charge on any atom is -0.494 e. The highest BCUT2D eigenvalue weighted by atomic mass is 16.5. The van der Waals surface area contributed by atoms with Gasteiger partial charge in [-0.1, -0.05) is 18.9 Å². The molecule has 1 fully saturated rings. The first-order valence-corrected chi connectivity index (χ1v) is 7.89. The third-order valence-electron chi connectivity index (χ3n) is 3.68. The summed E-state index contributed by atoms with van der Waals surface area (Å²) in [5.41, 5.74) is 1.19. The van der Waals surface area contributed by atoms with E-state index in [9.17, 15) is 0 Å². The summed E-state index contributed by atoms with van der Waals surface area (Å²) in [5, 5.41) is 3.55. The van der Waals surface area contributed by atoms with Gasteiger partial charge in [-0.05, 0) is 44.4 Å². The molecule has 3 heteroatoms. The summed E-state index contributed by atoms with van der Waals surface area (Å²) in [6.45, 7) is 2.02. The first-order chi connectivity index (χ1) is 9.75. The standard InChI is InChI=1S/C17H28N2O/c1-19(2)16-8-7-9-17(14-16)20-13-6-4-3-5-12-18-15-10-11-15/h7-9,14-15,18H,3-6,10-13H2,1-2H3. The number of hydrogen-bond donors (Lipinski definition) is 1. The number of anilines is 1. The van der Waals surface area contributed by atoms with Crippen LogP contribution in [0.3, 0.4) is 0 Å². The molecule has 0 bridgehead atoms. The van der Waals surface area contributed by atoms with Crippen LogP contribution in [0.4, 0.5) is 5.69 Å². The smallest absolute Gasteiger partial charge is 0.121 e. The molecule has 20 heavy (non-hydrogen) atoms. The third kappa shape index (κ3) is 5.83. The minimum atomic E-state index is 0.826. The Balaban J connectivity index is 1.50. The number of nitrogens with one attached hydrogen (secondary N) is 1. The van der Waals surface area contributed by atoms with E-state index in [0.29, 0.717) is 0 Å². The molecule has 0 heterocycles. The van der Waals surface area contributed by atoms with Gasteiger partial charge in [-0.2, -0.15) is 0 Å². The average molecular weight is 276 g/mol. The number of unbranched alkanes of at least 4 members (excludes halogenated alkanes) is 3. The maximum Gasteiger partial charge on any atom is 0.121 e. The van der Waals surface area contributed by atoms with E-state index in [0.717, 1.165) is 24.8 Å². The molecule has 0 aromatic heterocycles. The van der Waals surface area contributed by atoms with Gasteiger partial charge < -0.3 is 15.0 Å². The summed E-state index contributed by atoms with van der Waals surface area (Å²) < 4.78 is 5.81. The molecule has 3 nitrogen and oxygen atoms in total. The topological polar surface area (TPSA) is 24.5 Å². The van der Waals surface area contributed by atoms with Gasteiger partial charge in [0.05, 0.1) is 6.61 Å². The Bertz CT molecular complexity index is 388. The third-order valence-corrected chi connectivity index (χ3v) is 3.68. The summed E-state index contributed by atoms with van der Waals surface area (Å²) in [6, 6.07) is 9.13. The molecule has 1 saturated carbocycles. The van der Waals surface area contributed by atoms with Crippen LogP contribution in [0.15, 0.2) is 24.3 Å². The maximum absolute atomic E-state index is 5.81. The highest BCUT2D eigenvalue weighted by Crippen LogP contribution is 2.20. The van der Waals surface area contributed by atoms with Crippen LogP contribution in [0.1, 0.15) is 38.5 Å². The van der Waals surface area contributed by atoms with E-state index in [-0.39, 0.29) is 0 Å². The van der Waals surface area contributed by atoms with Crippen molar-refractivity contribution in [3.8, 4) is 5.75 Å². The molecule has 1 aliphatic rings. The second-order valence-corrected chi connectivity index (χ2v) is 5.88. The molecule has 0 amide bonds. The minimum absolute atomic E-state index is 0.826. The second-order valence-electron chi connectivity index (χ2n) is 5.88. The number of hydrogen-bond acceptors (Lipinski definition) is 3. The average Bonchev–Trinajstić information content (AvgIpc) is 3.26. The van der Waals surface area contributed by atoms with E-state index in [2.05, 4.69) is 36.4 Å². The van der Waals surface area contributed by atoms with Crippen LogP contribution in [0.2, 0.25) is 0 Å². The van der Waals surface area contributed by atoms with Crippen LogP contribution in [-0.4, -0.2) is 33.3 Å². The van der Waals surface area contributed by atoms with Crippen molar-refractivity contribution >= 4 is 5.69 Å². The normalized spacial score (nSPS) is 14.3. The highest BCUT2D eigenvalue weighted by molar-refractivity contribution is 5.49. The van der Waals surface area contributed by atoms with Crippen LogP contribution in [0.5, 0.6) is 5.75 Å². The summed E-state index contributed by atoms with van der Waals surface area (Å²) in [7, 11) is 4.10. The van der Waals surface area contributed by atoms with Gasteiger partial charge in [0.1, 0.15) is 5.75 Å². The van der Waals surface area contributed by atoms with Crippen molar-refractivity contribution in [2.24, 2.45) is 0 Å². The SMILES string of the molecule is CN(C)c1cccc(OCCCCCCNC2CC2)c1. The molecule has 0 radical (unpaired) electrons. The van der Waals surface area contributed by atoms with Crippen LogP contribution in [0.25, 0.3) is 0 Å². The molecule has 0 saturated heterocycles. The number of nitrogens with zero attached hydrogens (tertiary/aromatic N) is 1. The van der Waals surface area contributed by atoms with E-state index in [1.807, 2.05) is 12.1 Å². The van der Waals surface area contributed by atoms with E-state index < -0.39 is 0 Å². The zero-order chi connectivity index (χ0) is 14.2. The molecule has 2 rings (SSSR count). The van der Waals surface area contributed by atoms with Crippen LogP contribution in [0, 0.1) is 0 Å². The zero-order valence-corrected chi connectivity index (χ0v) is 12.9. The first kappa shape index (κ1) is 15.2. The molecule has 1 aromatic rings. The van der Waals surface area contributed by atoms with E-state index in [1.165, 1.54) is 44.3 Å². The summed E-state index contributed by atoms with van der Waals surface area (Å²) in [4.78, 5) is 2.10. The Morgan fingerprint density at radius 3 is 2.70 bits per heavy atom. The second kappa shape index (κ2) is 8.15. The van der Waals surface area contributed by atoms with Crippen molar-refractivity contribution in [3.05, 3.63) is 24.3 Å². The largest absolute Gasteiger partial charge is 0.494 e. The lowest BCUT2D eigenvalue weighted by Crippen LogP contribution is -2.17. The Kier molecular flexibility index (Phi) is 6.19. The molecule has 112 valence electrons. The number of ether oxygens (including phenoxy) is 1. The van der Waals surface area contributed by atoms with Gasteiger partial charge in [-0.25, -0.2) is 0 Å². The van der Waals surface area contributed by atoms with Crippen LogP contribution >= 0.6 is 0 Å². The monoisotopic (exact) mass is 276 g/mol. The van der Waals surface area contributed by atoms with Gasteiger partial charge >= 0.3 is 0 Å². The fourth-order valence-corrected chi connectivity index (χ4v) is 2.22. The van der Waals surface area contributed by atoms with Crippen LogP contribution < -0.4 is 15.0 Å². The van der Waals surface area contributed by atoms with Gasteiger partial charge in [0, 0.05) is 31.9 Å². The van der Waals surface area contributed by atoms with Crippen molar-refractivity contribution in [3.63, 3.8) is 0 Å². The summed E-state index contributed by atoms with van der Waals surface area (Å²) in [5.74, 6) is 0.978. The predicted octanol–water partition coefficient (Wildman–Crippen LogP) is 3.44. The number of rotatable bonds is 10. The number of benzene rings is 1. The molecule has 0 aliphatic heterocycles. The van der Waals surface area contributed by atoms with E-state index >= 15 is 0 Å². The Morgan fingerprint density at radius 2 is 1.95 bits per heavy atom. The molecule has 1 aromatic carbocycles. The summed E-state index contributed by atoms with van der Waals surface area (Å²) in [6.07, 6.45) is 7.79. The van der Waals surface area contributed by atoms with E-state index in [1.54, 1.807) is 0 Å². The predicted molar refractivity (Wildman–Crippen MR) is 85.8 cm³/mol. The summed E-state index contributed by atoms with van der Waals surface area (Å²) >= 11 is 0. The quantitative estimate of drug-likeness (QED) is 0.663. The zero-order valence-electron chi connectivity index (χ0n) is 12.9. The van der Waals surface area contributed by atoms with Crippen molar-refractivity contribution in [1.29, 1.82) is 0 Å². The van der Waals surface area contributed by atoms with Crippen molar-refractivity contribution in [1.82, 2.24) is 5.32 Å². The Hall–Kier alpha value is -1.22. The lowest BCUT2D eigenvalue weighted by atomic mass is 10.2. The lowest BCUT2D eigenvalue weighted by Gasteiger charge is -2.14. The van der Waals surface area contributed by atoms with Gasteiger partial charge in [-0.15, -0.1) is 0 Å².